The van der Waals surface area contributed by atoms with E-state index in [0.717, 1.165) is 6.26 Å². The predicted octanol–water partition coefficient (Wildman–Crippen LogP) is -0.626. The molecule has 0 aliphatic heterocycles. The highest BCUT2D eigenvalue weighted by atomic mass is 16.3. The van der Waals surface area contributed by atoms with Gasteiger partial charge in [-0.3, -0.25) is 4.79 Å². The maximum atomic E-state index is 11.3. The molecule has 0 saturated heterocycles. The van der Waals surface area contributed by atoms with E-state index in [1.807, 2.05) is 0 Å². The van der Waals surface area contributed by atoms with Gasteiger partial charge in [-0.1, -0.05) is 0 Å². The minimum Gasteiger partial charge on any atom is -0.502 e. The molecule has 0 radical (unpaired) electrons. The van der Waals surface area contributed by atoms with Crippen molar-refractivity contribution in [3.63, 3.8) is 0 Å². The van der Waals surface area contributed by atoms with Crippen molar-refractivity contribution in [2.75, 3.05) is 18.1 Å². The minimum atomic E-state index is -0.546. The van der Waals surface area contributed by atoms with Gasteiger partial charge < -0.3 is 20.3 Å². The summed E-state index contributed by atoms with van der Waals surface area (Å²) in [6.45, 7) is 0.919. The molecule has 14 heavy (non-hydrogen) atoms. The van der Waals surface area contributed by atoms with E-state index in [9.17, 15) is 4.79 Å². The van der Waals surface area contributed by atoms with Gasteiger partial charge in [-0.25, -0.2) is 5.84 Å². The van der Waals surface area contributed by atoms with Gasteiger partial charge in [0, 0.05) is 6.54 Å². The van der Waals surface area contributed by atoms with Crippen LogP contribution in [0.25, 0.3) is 0 Å². The normalized spacial score (nSPS) is 10.1. The molecule has 0 saturated carbocycles. The van der Waals surface area contributed by atoms with Gasteiger partial charge in [-0.05, 0) is 13.0 Å². The van der Waals surface area contributed by atoms with Crippen molar-refractivity contribution in [1.82, 2.24) is 0 Å². The third-order valence-corrected chi connectivity index (χ3v) is 1.74. The van der Waals surface area contributed by atoms with Crippen LogP contribution in [0.4, 0.5) is 5.69 Å². The topological polar surface area (TPSA) is 106 Å². The SMILES string of the molecule is NCCCN(N)c1cocc(O)c1=O. The van der Waals surface area contributed by atoms with E-state index >= 15 is 0 Å². The molecule has 1 aromatic rings. The van der Waals surface area contributed by atoms with E-state index < -0.39 is 11.2 Å². The summed E-state index contributed by atoms with van der Waals surface area (Å²) < 4.78 is 4.72. The molecule has 1 heterocycles. The second-order valence-electron chi connectivity index (χ2n) is 2.81. The van der Waals surface area contributed by atoms with Crippen LogP contribution in [0, 0.1) is 0 Å². The van der Waals surface area contributed by atoms with E-state index in [0.29, 0.717) is 19.5 Å². The van der Waals surface area contributed by atoms with Crippen LogP contribution in [0.2, 0.25) is 0 Å². The summed E-state index contributed by atoms with van der Waals surface area (Å²) >= 11 is 0. The van der Waals surface area contributed by atoms with E-state index in [4.69, 9.17) is 21.1 Å². The van der Waals surface area contributed by atoms with Gasteiger partial charge in [0.05, 0.1) is 0 Å². The molecular formula is C8H13N3O3. The second-order valence-corrected chi connectivity index (χ2v) is 2.81. The molecule has 6 nitrogen and oxygen atoms in total. The zero-order valence-corrected chi connectivity index (χ0v) is 7.64. The van der Waals surface area contributed by atoms with Crippen LogP contribution in [-0.4, -0.2) is 18.2 Å². The number of hydrazine groups is 1. The Balaban J connectivity index is 2.84. The fraction of sp³-hybridized carbons (Fsp3) is 0.375. The monoisotopic (exact) mass is 199 g/mol. The van der Waals surface area contributed by atoms with Crippen molar-refractivity contribution in [2.45, 2.75) is 6.42 Å². The molecule has 0 atom stereocenters. The molecular weight excluding hydrogens is 186 g/mol. The van der Waals surface area contributed by atoms with Crippen LogP contribution in [0.5, 0.6) is 5.75 Å². The first-order chi connectivity index (χ1) is 6.66. The summed E-state index contributed by atoms with van der Waals surface area (Å²) in [6.07, 6.45) is 2.81. The molecule has 1 rings (SSSR count). The van der Waals surface area contributed by atoms with Crippen LogP contribution in [0.3, 0.4) is 0 Å². The zero-order chi connectivity index (χ0) is 10.6. The first-order valence-corrected chi connectivity index (χ1v) is 4.18. The lowest BCUT2D eigenvalue weighted by Crippen LogP contribution is -2.36. The smallest absolute Gasteiger partial charge is 0.251 e. The lowest BCUT2D eigenvalue weighted by atomic mass is 10.3. The Morgan fingerprint density at radius 2 is 2.21 bits per heavy atom. The highest BCUT2D eigenvalue weighted by Gasteiger charge is 2.09. The summed E-state index contributed by atoms with van der Waals surface area (Å²) in [7, 11) is 0. The summed E-state index contributed by atoms with van der Waals surface area (Å²) in [6, 6.07) is 0. The average molecular weight is 199 g/mol. The lowest BCUT2D eigenvalue weighted by molar-refractivity contribution is 0.429. The van der Waals surface area contributed by atoms with Gasteiger partial charge >= 0.3 is 0 Å². The molecule has 5 N–H and O–H groups in total. The van der Waals surface area contributed by atoms with Crippen molar-refractivity contribution in [2.24, 2.45) is 11.6 Å². The lowest BCUT2D eigenvalue weighted by Gasteiger charge is -2.16. The standard InChI is InChI=1S/C8H13N3O3/c9-2-1-3-11(10)6-4-14-5-7(12)8(6)13/h4-5,12H,1-3,9-10H2. The van der Waals surface area contributed by atoms with Crippen LogP contribution in [0.1, 0.15) is 6.42 Å². The summed E-state index contributed by atoms with van der Waals surface area (Å²) in [5, 5.41) is 10.3. The number of hydrogen-bond donors (Lipinski definition) is 3. The minimum absolute atomic E-state index is 0.124. The maximum absolute atomic E-state index is 11.3. The van der Waals surface area contributed by atoms with Crippen LogP contribution >= 0.6 is 0 Å². The molecule has 0 aliphatic rings. The van der Waals surface area contributed by atoms with Gasteiger partial charge in [-0.2, -0.15) is 0 Å². The van der Waals surface area contributed by atoms with Crippen molar-refractivity contribution in [3.05, 3.63) is 22.7 Å². The Morgan fingerprint density at radius 3 is 2.86 bits per heavy atom. The van der Waals surface area contributed by atoms with Gasteiger partial charge in [-0.15, -0.1) is 0 Å². The largest absolute Gasteiger partial charge is 0.502 e. The first kappa shape index (κ1) is 10.6. The van der Waals surface area contributed by atoms with Crippen LogP contribution < -0.4 is 22.0 Å². The van der Waals surface area contributed by atoms with E-state index in [-0.39, 0.29) is 5.69 Å². The number of nitrogens with two attached hydrogens (primary N) is 2. The van der Waals surface area contributed by atoms with Gasteiger partial charge in [0.2, 0.25) is 5.75 Å². The fourth-order valence-corrected chi connectivity index (χ4v) is 0.981. The average Bonchev–Trinajstić information content (AvgIpc) is 2.18. The van der Waals surface area contributed by atoms with Crippen LogP contribution in [0.15, 0.2) is 21.7 Å². The number of nitrogens with zero attached hydrogens (tertiary/aromatic N) is 1. The quantitative estimate of drug-likeness (QED) is 0.440. The maximum Gasteiger partial charge on any atom is 0.251 e. The van der Waals surface area contributed by atoms with Crippen molar-refractivity contribution >= 4 is 5.69 Å². The molecule has 78 valence electrons. The molecule has 0 fully saturated rings. The molecule has 0 unspecified atom stereocenters. The Morgan fingerprint density at radius 1 is 1.50 bits per heavy atom. The third-order valence-electron chi connectivity index (χ3n) is 1.74. The Hall–Kier alpha value is -1.53. The fourth-order valence-electron chi connectivity index (χ4n) is 0.981. The molecule has 0 bridgehead atoms. The van der Waals surface area contributed by atoms with Crippen molar-refractivity contribution in [1.29, 1.82) is 0 Å². The van der Waals surface area contributed by atoms with Crippen molar-refractivity contribution in [3.8, 4) is 5.75 Å². The number of anilines is 1. The van der Waals surface area contributed by atoms with Gasteiger partial charge in [0.15, 0.2) is 0 Å². The zero-order valence-electron chi connectivity index (χ0n) is 7.64. The van der Waals surface area contributed by atoms with E-state index in [2.05, 4.69) is 0 Å². The summed E-state index contributed by atoms with van der Waals surface area (Å²) in [5.41, 5.74) is 4.87. The summed E-state index contributed by atoms with van der Waals surface area (Å²) in [4.78, 5) is 11.3. The van der Waals surface area contributed by atoms with Gasteiger partial charge in [0.1, 0.15) is 18.2 Å². The number of hydrogen-bond acceptors (Lipinski definition) is 6. The first-order valence-electron chi connectivity index (χ1n) is 4.18. The Kier molecular flexibility index (Phi) is 3.49. The molecule has 1 aromatic heterocycles. The molecule has 0 aromatic carbocycles. The van der Waals surface area contributed by atoms with Crippen molar-refractivity contribution < 1.29 is 9.52 Å². The highest BCUT2D eigenvalue weighted by Crippen LogP contribution is 2.09. The second kappa shape index (κ2) is 4.64. The van der Waals surface area contributed by atoms with E-state index in [1.165, 1.54) is 11.3 Å². The van der Waals surface area contributed by atoms with Crippen LogP contribution in [-0.2, 0) is 0 Å². The molecule has 0 amide bonds. The molecule has 0 aliphatic carbocycles. The van der Waals surface area contributed by atoms with E-state index in [1.54, 1.807) is 0 Å². The highest BCUT2D eigenvalue weighted by molar-refractivity contribution is 5.44. The number of aromatic hydroxyl groups is 1. The molecule has 6 heteroatoms. The predicted molar refractivity (Wildman–Crippen MR) is 51.8 cm³/mol. The summed E-state index contributed by atoms with van der Waals surface area (Å²) in [5.74, 6) is 5.10. The molecule has 0 spiro atoms. The third kappa shape index (κ3) is 2.24. The Bertz CT molecular complexity index is 350. The Labute approximate surface area is 80.7 Å². The number of rotatable bonds is 4. The van der Waals surface area contributed by atoms with Gasteiger partial charge in [0.25, 0.3) is 5.43 Å².